The maximum atomic E-state index is 13.2. The molecule has 7 heteroatoms. The maximum Gasteiger partial charge on any atom is 0.255 e. The van der Waals surface area contributed by atoms with Crippen molar-refractivity contribution in [2.75, 3.05) is 13.2 Å². The highest BCUT2D eigenvalue weighted by atomic mass is 16.6. The van der Waals surface area contributed by atoms with Gasteiger partial charge in [-0.1, -0.05) is 18.2 Å². The number of H-pyrrole nitrogens is 2. The molecular weight excluding hydrogens is 392 g/mol. The summed E-state index contributed by atoms with van der Waals surface area (Å²) in [5.74, 6) is 1.25. The molecule has 0 spiro atoms. The van der Waals surface area contributed by atoms with E-state index in [9.17, 15) is 4.79 Å². The highest BCUT2D eigenvalue weighted by Crippen LogP contribution is 2.36. The topological polar surface area (TPSA) is 92.0 Å². The molecule has 31 heavy (non-hydrogen) atoms. The first kappa shape index (κ1) is 18.1. The molecule has 156 valence electrons. The smallest absolute Gasteiger partial charge is 0.255 e. The molecule has 0 saturated heterocycles. The molecule has 3 heterocycles. The zero-order valence-corrected chi connectivity index (χ0v) is 16.9. The molecule has 0 bridgehead atoms. The average molecular weight is 414 g/mol. The molecule has 6 rings (SSSR count). The largest absolute Gasteiger partial charge is 0.486 e. The molecule has 4 aromatic rings. The number of carbonyl (C=O) groups is 1. The van der Waals surface area contributed by atoms with Crippen LogP contribution in [0.5, 0.6) is 11.5 Å². The lowest BCUT2D eigenvalue weighted by molar-refractivity contribution is 0.0932. The third-order valence-corrected chi connectivity index (χ3v) is 6.13. The van der Waals surface area contributed by atoms with Gasteiger partial charge in [0.1, 0.15) is 13.2 Å². The van der Waals surface area contributed by atoms with Gasteiger partial charge in [-0.15, -0.1) is 0 Å². The number of hydrogen-bond donors (Lipinski definition) is 3. The van der Waals surface area contributed by atoms with Gasteiger partial charge in [-0.25, -0.2) is 0 Å². The van der Waals surface area contributed by atoms with Crippen molar-refractivity contribution in [3.05, 3.63) is 65.5 Å². The summed E-state index contributed by atoms with van der Waals surface area (Å²) in [6.07, 6.45) is 4.55. The van der Waals surface area contributed by atoms with Gasteiger partial charge in [-0.05, 0) is 49.1 Å². The number of aryl methyl sites for hydroxylation is 1. The molecule has 1 aliphatic carbocycles. The molecule has 2 aromatic heterocycles. The van der Waals surface area contributed by atoms with Crippen LogP contribution >= 0.6 is 0 Å². The van der Waals surface area contributed by atoms with Crippen molar-refractivity contribution in [2.24, 2.45) is 0 Å². The van der Waals surface area contributed by atoms with Crippen molar-refractivity contribution in [1.82, 2.24) is 20.5 Å². The average Bonchev–Trinajstić information content (AvgIpc) is 3.44. The van der Waals surface area contributed by atoms with Crippen LogP contribution in [0.4, 0.5) is 0 Å². The van der Waals surface area contributed by atoms with Crippen LogP contribution in [0, 0.1) is 0 Å². The number of nitrogens with one attached hydrogen (secondary N) is 3. The summed E-state index contributed by atoms with van der Waals surface area (Å²) < 4.78 is 11.3. The van der Waals surface area contributed by atoms with E-state index in [4.69, 9.17) is 9.47 Å². The highest BCUT2D eigenvalue weighted by Gasteiger charge is 2.27. The number of nitrogens with zero attached hydrogens (tertiary/aromatic N) is 1. The van der Waals surface area contributed by atoms with Crippen LogP contribution < -0.4 is 14.8 Å². The van der Waals surface area contributed by atoms with Gasteiger partial charge in [0.15, 0.2) is 11.5 Å². The Morgan fingerprint density at radius 2 is 1.97 bits per heavy atom. The van der Waals surface area contributed by atoms with Crippen molar-refractivity contribution in [1.29, 1.82) is 0 Å². The molecule has 1 amide bonds. The van der Waals surface area contributed by atoms with Crippen molar-refractivity contribution >= 4 is 16.8 Å². The van der Waals surface area contributed by atoms with E-state index in [-0.39, 0.29) is 11.9 Å². The second kappa shape index (κ2) is 7.19. The van der Waals surface area contributed by atoms with E-state index in [0.717, 1.165) is 36.0 Å². The first-order valence-corrected chi connectivity index (χ1v) is 10.6. The molecule has 1 atom stereocenters. The highest BCUT2D eigenvalue weighted by molar-refractivity contribution is 6.00. The molecule has 2 aliphatic rings. The van der Waals surface area contributed by atoms with Gasteiger partial charge < -0.3 is 19.8 Å². The Balaban J connectivity index is 1.30. The molecule has 0 saturated carbocycles. The number of carbonyl (C=O) groups excluding carboxylic acids is 1. The number of aromatic nitrogens is 3. The van der Waals surface area contributed by atoms with E-state index in [1.54, 1.807) is 6.20 Å². The number of ether oxygens (including phenoxy) is 2. The summed E-state index contributed by atoms with van der Waals surface area (Å²) >= 11 is 0. The van der Waals surface area contributed by atoms with E-state index >= 15 is 0 Å². The molecule has 0 unspecified atom stereocenters. The molecule has 0 radical (unpaired) electrons. The van der Waals surface area contributed by atoms with Crippen LogP contribution in [0.15, 0.2) is 48.7 Å². The van der Waals surface area contributed by atoms with Crippen LogP contribution in [-0.4, -0.2) is 34.3 Å². The minimum Gasteiger partial charge on any atom is -0.486 e. The zero-order valence-electron chi connectivity index (χ0n) is 16.9. The zero-order chi connectivity index (χ0) is 20.8. The van der Waals surface area contributed by atoms with E-state index in [1.165, 1.54) is 10.9 Å². The minimum absolute atomic E-state index is 0.0494. The van der Waals surface area contributed by atoms with Crippen LogP contribution in [0.25, 0.3) is 22.2 Å². The molecule has 0 fully saturated rings. The molecule has 3 N–H and O–H groups in total. The third-order valence-electron chi connectivity index (χ3n) is 6.13. The van der Waals surface area contributed by atoms with Crippen LogP contribution in [-0.2, 0) is 6.42 Å². The maximum absolute atomic E-state index is 13.2. The Morgan fingerprint density at radius 1 is 1.10 bits per heavy atom. The van der Waals surface area contributed by atoms with Crippen molar-refractivity contribution in [3.63, 3.8) is 0 Å². The predicted octanol–water partition coefficient (Wildman–Crippen LogP) is 4.14. The summed E-state index contributed by atoms with van der Waals surface area (Å²) in [7, 11) is 0. The van der Waals surface area contributed by atoms with Gasteiger partial charge in [-0.3, -0.25) is 9.89 Å². The van der Waals surface area contributed by atoms with E-state index in [2.05, 4.69) is 38.7 Å². The first-order chi connectivity index (χ1) is 15.3. The predicted molar refractivity (Wildman–Crippen MR) is 116 cm³/mol. The number of aromatic amines is 2. The Morgan fingerprint density at radius 3 is 2.90 bits per heavy atom. The summed E-state index contributed by atoms with van der Waals surface area (Å²) in [5.41, 5.74) is 5.56. The fraction of sp³-hybridized carbons (Fsp3) is 0.250. The quantitative estimate of drug-likeness (QED) is 0.470. The van der Waals surface area contributed by atoms with Gasteiger partial charge in [-0.2, -0.15) is 5.10 Å². The lowest BCUT2D eigenvalue weighted by Gasteiger charge is -2.24. The lowest BCUT2D eigenvalue weighted by Crippen LogP contribution is -2.31. The number of amides is 1. The lowest BCUT2D eigenvalue weighted by atomic mass is 9.91. The Kier molecular flexibility index (Phi) is 4.19. The standard InChI is InChI=1S/C24H22N4O3/c29-24(27-19-7-3-5-16-15-4-1-2-6-18(15)26-23(16)19)17-13-25-28-22(17)14-8-9-20-21(12-14)31-11-10-30-20/h1-2,4,6,8-9,12-13,19,26H,3,5,7,10-11H2,(H,25,28)(H,27,29)/t19-/m0/s1. The van der Waals surface area contributed by atoms with Gasteiger partial charge in [0.2, 0.25) is 0 Å². The second-order valence-corrected chi connectivity index (χ2v) is 8.00. The van der Waals surface area contributed by atoms with Crippen LogP contribution in [0.1, 0.15) is 40.5 Å². The fourth-order valence-corrected chi connectivity index (χ4v) is 4.67. The SMILES string of the molecule is O=C(N[C@H]1CCCc2c1[nH]c1ccccc21)c1cn[nH]c1-c1ccc2c(c1)OCCO2. The Bertz CT molecular complexity index is 1290. The summed E-state index contributed by atoms with van der Waals surface area (Å²) in [6.45, 7) is 1.06. The normalized spacial score (nSPS) is 17.4. The molecule has 7 nitrogen and oxygen atoms in total. The van der Waals surface area contributed by atoms with Crippen LogP contribution in [0.3, 0.4) is 0 Å². The van der Waals surface area contributed by atoms with Crippen molar-refractivity contribution < 1.29 is 14.3 Å². The summed E-state index contributed by atoms with van der Waals surface area (Å²) in [5, 5.41) is 11.6. The Labute approximate surface area is 178 Å². The van der Waals surface area contributed by atoms with Crippen molar-refractivity contribution in [3.8, 4) is 22.8 Å². The van der Waals surface area contributed by atoms with Gasteiger partial charge in [0, 0.05) is 22.2 Å². The first-order valence-electron chi connectivity index (χ1n) is 10.6. The minimum atomic E-state index is -0.143. The monoisotopic (exact) mass is 414 g/mol. The molecule has 1 aliphatic heterocycles. The number of fused-ring (bicyclic) bond motifs is 4. The van der Waals surface area contributed by atoms with Crippen molar-refractivity contribution in [2.45, 2.75) is 25.3 Å². The summed E-state index contributed by atoms with van der Waals surface area (Å²) in [4.78, 5) is 16.8. The van der Waals surface area contributed by atoms with Crippen LogP contribution in [0.2, 0.25) is 0 Å². The second-order valence-electron chi connectivity index (χ2n) is 8.00. The van der Waals surface area contributed by atoms with E-state index < -0.39 is 0 Å². The number of benzene rings is 2. The third kappa shape index (κ3) is 3.04. The van der Waals surface area contributed by atoms with Gasteiger partial charge >= 0.3 is 0 Å². The van der Waals surface area contributed by atoms with Gasteiger partial charge in [0.05, 0.1) is 23.5 Å². The van der Waals surface area contributed by atoms with Gasteiger partial charge in [0.25, 0.3) is 5.91 Å². The van der Waals surface area contributed by atoms with E-state index in [1.807, 2.05) is 24.3 Å². The molecular formula is C24H22N4O3. The number of para-hydroxylation sites is 1. The number of rotatable bonds is 3. The summed E-state index contributed by atoms with van der Waals surface area (Å²) in [6, 6.07) is 13.9. The van der Waals surface area contributed by atoms with E-state index in [0.29, 0.717) is 36.0 Å². The molecule has 2 aromatic carbocycles. The fourth-order valence-electron chi connectivity index (χ4n) is 4.67. The Hall–Kier alpha value is -3.74. The number of hydrogen-bond acceptors (Lipinski definition) is 4.